The molecule has 0 N–H and O–H groups in total. The second-order valence-corrected chi connectivity index (χ2v) is 6.16. The van der Waals surface area contributed by atoms with E-state index in [0.717, 1.165) is 16.8 Å². The number of ether oxygens (including phenoxy) is 2. The van der Waals surface area contributed by atoms with Crippen molar-refractivity contribution in [3.05, 3.63) is 65.7 Å². The third-order valence-corrected chi connectivity index (χ3v) is 4.24. The van der Waals surface area contributed by atoms with Gasteiger partial charge in [-0.2, -0.15) is 5.10 Å². The Kier molecular flexibility index (Phi) is 5.86. The average molecular weight is 366 g/mol. The quantitative estimate of drug-likeness (QED) is 0.736. The van der Waals surface area contributed by atoms with Crippen molar-refractivity contribution in [2.24, 2.45) is 5.10 Å². The minimum Gasteiger partial charge on any atom is -0.482 e. The van der Waals surface area contributed by atoms with Crippen LogP contribution in [0, 0.1) is 0 Å². The van der Waals surface area contributed by atoms with E-state index in [1.165, 1.54) is 11.9 Å². The van der Waals surface area contributed by atoms with E-state index < -0.39 is 5.97 Å². The first-order chi connectivity index (χ1) is 13.1. The maximum atomic E-state index is 12.1. The van der Waals surface area contributed by atoms with Gasteiger partial charge in [-0.05, 0) is 30.2 Å². The first-order valence-corrected chi connectivity index (χ1v) is 8.89. The molecule has 1 aliphatic rings. The molecule has 140 valence electrons. The Morgan fingerprint density at radius 3 is 2.63 bits per heavy atom. The van der Waals surface area contributed by atoms with Crippen LogP contribution in [0.15, 0.2) is 59.7 Å². The van der Waals surface area contributed by atoms with Crippen LogP contribution in [0.5, 0.6) is 5.75 Å². The monoisotopic (exact) mass is 366 g/mol. The highest BCUT2D eigenvalue weighted by molar-refractivity contribution is 6.03. The van der Waals surface area contributed by atoms with Gasteiger partial charge in [0, 0.05) is 13.3 Å². The first kappa shape index (κ1) is 18.6. The standard InChI is InChI=1S/C21H22N2O4/c1-3-26-21(25)14-27-18-11-7-10-17(12-18)20-13-19(22-23(20)15(2)24)16-8-5-4-6-9-16/h4-12,20H,3,13-14H2,1-2H3. The Labute approximate surface area is 158 Å². The van der Waals surface area contributed by atoms with E-state index in [9.17, 15) is 9.59 Å². The number of esters is 1. The van der Waals surface area contributed by atoms with E-state index in [0.29, 0.717) is 18.8 Å². The van der Waals surface area contributed by atoms with Gasteiger partial charge in [0.2, 0.25) is 5.91 Å². The number of carbonyl (C=O) groups excluding carboxylic acids is 2. The summed E-state index contributed by atoms with van der Waals surface area (Å²) < 4.78 is 10.4. The van der Waals surface area contributed by atoms with Crippen LogP contribution >= 0.6 is 0 Å². The van der Waals surface area contributed by atoms with E-state index in [2.05, 4.69) is 5.10 Å². The lowest BCUT2D eigenvalue weighted by Crippen LogP contribution is -2.24. The van der Waals surface area contributed by atoms with Gasteiger partial charge in [0.15, 0.2) is 6.61 Å². The van der Waals surface area contributed by atoms with Crippen LogP contribution in [0.25, 0.3) is 0 Å². The number of hydrazone groups is 1. The summed E-state index contributed by atoms with van der Waals surface area (Å²) in [6.45, 7) is 3.42. The highest BCUT2D eigenvalue weighted by atomic mass is 16.6. The average Bonchev–Trinajstić information content (AvgIpc) is 3.13. The van der Waals surface area contributed by atoms with Crippen molar-refractivity contribution in [3.63, 3.8) is 0 Å². The van der Waals surface area contributed by atoms with E-state index in [4.69, 9.17) is 9.47 Å². The molecule has 27 heavy (non-hydrogen) atoms. The molecule has 0 fully saturated rings. The van der Waals surface area contributed by atoms with Gasteiger partial charge in [0.1, 0.15) is 5.75 Å². The summed E-state index contributed by atoms with van der Waals surface area (Å²) in [4.78, 5) is 23.6. The van der Waals surface area contributed by atoms with Gasteiger partial charge in [0.25, 0.3) is 0 Å². The fraction of sp³-hybridized carbons (Fsp3) is 0.286. The third-order valence-electron chi connectivity index (χ3n) is 4.24. The number of hydrogen-bond donors (Lipinski definition) is 0. The molecule has 3 rings (SSSR count). The molecule has 0 aromatic heterocycles. The van der Waals surface area contributed by atoms with Gasteiger partial charge in [-0.3, -0.25) is 4.79 Å². The van der Waals surface area contributed by atoms with Crippen molar-refractivity contribution in [2.45, 2.75) is 26.3 Å². The van der Waals surface area contributed by atoms with Gasteiger partial charge in [0.05, 0.1) is 18.4 Å². The Morgan fingerprint density at radius 2 is 1.93 bits per heavy atom. The highest BCUT2D eigenvalue weighted by Gasteiger charge is 2.31. The Hall–Kier alpha value is -3.15. The van der Waals surface area contributed by atoms with Crippen molar-refractivity contribution >= 4 is 17.6 Å². The molecule has 6 nitrogen and oxygen atoms in total. The van der Waals surface area contributed by atoms with Crippen molar-refractivity contribution in [3.8, 4) is 5.75 Å². The predicted octanol–water partition coefficient (Wildman–Crippen LogP) is 3.33. The van der Waals surface area contributed by atoms with E-state index >= 15 is 0 Å². The van der Waals surface area contributed by atoms with Crippen LogP contribution < -0.4 is 4.74 Å². The number of nitrogens with zero attached hydrogens (tertiary/aromatic N) is 2. The molecule has 6 heteroatoms. The zero-order valence-electron chi connectivity index (χ0n) is 15.4. The van der Waals surface area contributed by atoms with Gasteiger partial charge >= 0.3 is 5.97 Å². The highest BCUT2D eigenvalue weighted by Crippen LogP contribution is 2.34. The first-order valence-electron chi connectivity index (χ1n) is 8.89. The molecule has 1 amide bonds. The van der Waals surface area contributed by atoms with Crippen LogP contribution in [-0.2, 0) is 14.3 Å². The van der Waals surface area contributed by atoms with Crippen LogP contribution in [0.4, 0.5) is 0 Å². The zero-order chi connectivity index (χ0) is 19.2. The van der Waals surface area contributed by atoms with Crippen molar-refractivity contribution < 1.29 is 19.1 Å². The molecule has 0 saturated carbocycles. The van der Waals surface area contributed by atoms with Gasteiger partial charge in [-0.25, -0.2) is 9.80 Å². The molecule has 0 aliphatic carbocycles. The molecule has 1 unspecified atom stereocenters. The normalized spacial score (nSPS) is 16.0. The SMILES string of the molecule is CCOC(=O)COc1cccc(C2CC(c3ccccc3)=NN2C(C)=O)c1. The predicted molar refractivity (Wildman–Crippen MR) is 101 cm³/mol. The molecule has 0 bridgehead atoms. The third kappa shape index (κ3) is 4.53. The largest absolute Gasteiger partial charge is 0.482 e. The minimum atomic E-state index is -0.413. The molecule has 1 aliphatic heterocycles. The molecule has 2 aromatic rings. The van der Waals surface area contributed by atoms with Gasteiger partial charge in [-0.1, -0.05) is 42.5 Å². The van der Waals surface area contributed by atoms with Crippen molar-refractivity contribution in [1.82, 2.24) is 5.01 Å². The maximum Gasteiger partial charge on any atom is 0.344 e. The molecule has 1 atom stereocenters. The number of amides is 1. The number of benzene rings is 2. The summed E-state index contributed by atoms with van der Waals surface area (Å²) in [5.74, 6) is 0.0184. The van der Waals surface area contributed by atoms with Gasteiger partial charge in [-0.15, -0.1) is 0 Å². The molecule has 1 heterocycles. The van der Waals surface area contributed by atoms with Crippen LogP contribution in [0.3, 0.4) is 0 Å². The Morgan fingerprint density at radius 1 is 1.15 bits per heavy atom. The van der Waals surface area contributed by atoms with Crippen molar-refractivity contribution in [2.75, 3.05) is 13.2 Å². The topological polar surface area (TPSA) is 68.2 Å². The molecular weight excluding hydrogens is 344 g/mol. The summed E-state index contributed by atoms with van der Waals surface area (Å²) in [7, 11) is 0. The Bertz CT molecular complexity index is 848. The van der Waals surface area contributed by atoms with Crippen LogP contribution in [-0.4, -0.2) is 35.8 Å². The fourth-order valence-electron chi connectivity index (χ4n) is 3.02. The molecular formula is C21H22N2O4. The molecule has 2 aromatic carbocycles. The van der Waals surface area contributed by atoms with Crippen LogP contribution in [0.1, 0.15) is 37.4 Å². The summed E-state index contributed by atoms with van der Waals surface area (Å²) in [6.07, 6.45) is 0.616. The number of rotatable bonds is 6. The van der Waals surface area contributed by atoms with Gasteiger partial charge < -0.3 is 9.47 Å². The lowest BCUT2D eigenvalue weighted by Gasteiger charge is -2.21. The fourth-order valence-corrected chi connectivity index (χ4v) is 3.02. The van der Waals surface area contributed by atoms with Crippen LogP contribution in [0.2, 0.25) is 0 Å². The molecule has 0 spiro atoms. The van der Waals surface area contributed by atoms with E-state index in [1.54, 1.807) is 13.0 Å². The summed E-state index contributed by atoms with van der Waals surface area (Å²) in [6, 6.07) is 17.0. The number of carbonyl (C=O) groups is 2. The molecule has 0 radical (unpaired) electrons. The summed E-state index contributed by atoms with van der Waals surface area (Å²) in [5.41, 5.74) is 2.77. The Balaban J connectivity index is 1.78. The second-order valence-electron chi connectivity index (χ2n) is 6.16. The number of hydrogen-bond acceptors (Lipinski definition) is 5. The lowest BCUT2D eigenvalue weighted by molar-refractivity contribution is -0.145. The van der Waals surface area contributed by atoms with Crippen molar-refractivity contribution in [1.29, 1.82) is 0 Å². The maximum absolute atomic E-state index is 12.1. The lowest BCUT2D eigenvalue weighted by atomic mass is 9.98. The zero-order valence-corrected chi connectivity index (χ0v) is 15.4. The second kappa shape index (κ2) is 8.49. The minimum absolute atomic E-state index is 0.122. The molecule has 0 saturated heterocycles. The van der Waals surface area contributed by atoms with E-state index in [-0.39, 0.29) is 18.6 Å². The smallest absolute Gasteiger partial charge is 0.344 e. The van der Waals surface area contributed by atoms with E-state index in [1.807, 2.05) is 48.5 Å². The summed E-state index contributed by atoms with van der Waals surface area (Å²) >= 11 is 0. The summed E-state index contributed by atoms with van der Waals surface area (Å²) in [5, 5.41) is 6.04.